The number of nitrogens with zero attached hydrogens (tertiary/aromatic N) is 2. The number of carbonyl (C=O) groups excluding carboxylic acids is 2. The first-order chi connectivity index (χ1) is 12.6. The Morgan fingerprint density at radius 3 is 2.52 bits per heavy atom. The van der Waals surface area contributed by atoms with Crippen molar-refractivity contribution in [1.29, 1.82) is 0 Å². The van der Waals surface area contributed by atoms with Crippen LogP contribution in [0.4, 0.5) is 0 Å². The second-order valence-electron chi connectivity index (χ2n) is 7.38. The van der Waals surface area contributed by atoms with Crippen LogP contribution in [0.1, 0.15) is 44.1 Å². The minimum Gasteiger partial charge on any atom is -0.481 e. The molecule has 1 aromatic carbocycles. The van der Waals surface area contributed by atoms with Crippen LogP contribution in [0.2, 0.25) is 0 Å². The zero-order valence-corrected chi connectivity index (χ0v) is 16.0. The van der Waals surface area contributed by atoms with Crippen molar-refractivity contribution in [2.75, 3.05) is 7.11 Å². The topological polar surface area (TPSA) is 111 Å². The van der Waals surface area contributed by atoms with Gasteiger partial charge in [0.25, 0.3) is 5.91 Å². The minimum absolute atomic E-state index is 0.0180. The molecule has 2 N–H and O–H groups in total. The number of rotatable bonds is 7. The van der Waals surface area contributed by atoms with Gasteiger partial charge in [-0.2, -0.15) is 5.10 Å². The summed E-state index contributed by atoms with van der Waals surface area (Å²) >= 11 is 0. The fourth-order valence-corrected chi connectivity index (χ4v) is 2.79. The first-order valence-electron chi connectivity index (χ1n) is 8.71. The number of aryl methyl sites for hydroxylation is 1. The van der Waals surface area contributed by atoms with Gasteiger partial charge in [0.2, 0.25) is 0 Å². The van der Waals surface area contributed by atoms with Crippen LogP contribution in [0, 0.1) is 5.41 Å². The third kappa shape index (κ3) is 4.84. The number of amides is 1. The molecule has 8 heteroatoms. The molecule has 1 atom stereocenters. The van der Waals surface area contributed by atoms with Gasteiger partial charge < -0.3 is 15.2 Å². The van der Waals surface area contributed by atoms with Gasteiger partial charge in [-0.1, -0.05) is 39.0 Å². The maximum atomic E-state index is 12.8. The van der Waals surface area contributed by atoms with Gasteiger partial charge in [0.1, 0.15) is 6.04 Å². The lowest BCUT2D eigenvalue weighted by Crippen LogP contribution is -2.49. The summed E-state index contributed by atoms with van der Waals surface area (Å²) in [6.07, 6.45) is 0.416. The molecule has 0 fully saturated rings. The molecular weight excluding hydrogens is 350 g/mol. The van der Waals surface area contributed by atoms with E-state index in [1.54, 1.807) is 16.8 Å². The van der Waals surface area contributed by atoms with E-state index in [9.17, 15) is 14.4 Å². The maximum Gasteiger partial charge on any atom is 0.328 e. The average Bonchev–Trinajstić information content (AvgIpc) is 2.96. The molecule has 0 aliphatic rings. The number of esters is 1. The predicted molar refractivity (Wildman–Crippen MR) is 99.3 cm³/mol. The van der Waals surface area contributed by atoms with Gasteiger partial charge in [-0.15, -0.1) is 0 Å². The van der Waals surface area contributed by atoms with Crippen molar-refractivity contribution < 1.29 is 24.2 Å². The number of ether oxygens (including phenoxy) is 1. The fourth-order valence-electron chi connectivity index (χ4n) is 2.79. The highest BCUT2D eigenvalue weighted by Crippen LogP contribution is 2.23. The Balaban J connectivity index is 2.32. The maximum absolute atomic E-state index is 12.8. The Bertz CT molecular complexity index is 851. The number of aliphatic carboxylic acids is 1. The summed E-state index contributed by atoms with van der Waals surface area (Å²) in [5, 5.41) is 16.5. The number of hydrogen-bond acceptors (Lipinski definition) is 5. The van der Waals surface area contributed by atoms with E-state index in [1.165, 1.54) is 7.11 Å². The van der Waals surface area contributed by atoms with E-state index in [1.807, 2.05) is 32.9 Å². The largest absolute Gasteiger partial charge is 0.481 e. The molecule has 0 aliphatic carbocycles. The van der Waals surface area contributed by atoms with Crippen molar-refractivity contribution in [2.45, 2.75) is 46.2 Å². The first kappa shape index (κ1) is 20.4. The molecule has 0 bridgehead atoms. The standard InChI is InChI=1S/C19H25N3O5/c1-19(2,3)16(18(26)27-4)20-17(25)15-12-8-5-6-9-13(12)22(21-15)11-7-10-14(23)24/h5-6,8-9,16H,7,10-11H2,1-4H3,(H,20,25)(H,23,24). The van der Waals surface area contributed by atoms with Crippen molar-refractivity contribution in [3.63, 3.8) is 0 Å². The molecule has 0 spiro atoms. The van der Waals surface area contributed by atoms with E-state index >= 15 is 0 Å². The molecule has 1 heterocycles. The molecule has 0 saturated carbocycles. The Kier molecular flexibility index (Phi) is 6.20. The summed E-state index contributed by atoms with van der Waals surface area (Å²) in [6, 6.07) is 6.39. The van der Waals surface area contributed by atoms with Crippen LogP contribution in [-0.2, 0) is 20.9 Å². The normalized spacial score (nSPS) is 12.6. The van der Waals surface area contributed by atoms with E-state index in [0.717, 1.165) is 5.52 Å². The lowest BCUT2D eigenvalue weighted by atomic mass is 9.86. The highest BCUT2D eigenvalue weighted by Gasteiger charge is 2.34. The van der Waals surface area contributed by atoms with E-state index < -0.39 is 29.3 Å². The predicted octanol–water partition coefficient (Wildman–Crippen LogP) is 2.22. The van der Waals surface area contributed by atoms with Crippen molar-refractivity contribution in [3.05, 3.63) is 30.0 Å². The monoisotopic (exact) mass is 375 g/mol. The third-order valence-corrected chi connectivity index (χ3v) is 4.21. The lowest BCUT2D eigenvalue weighted by molar-refractivity contribution is -0.145. The van der Waals surface area contributed by atoms with Gasteiger partial charge in [-0.05, 0) is 17.9 Å². The zero-order chi connectivity index (χ0) is 20.2. The van der Waals surface area contributed by atoms with Crippen LogP contribution in [0.5, 0.6) is 0 Å². The number of para-hydroxylation sites is 1. The van der Waals surface area contributed by atoms with Crippen molar-refractivity contribution >= 4 is 28.7 Å². The second-order valence-corrected chi connectivity index (χ2v) is 7.38. The van der Waals surface area contributed by atoms with Gasteiger partial charge in [0.15, 0.2) is 5.69 Å². The number of fused-ring (bicyclic) bond motifs is 1. The molecule has 8 nitrogen and oxygen atoms in total. The van der Waals surface area contributed by atoms with E-state index in [2.05, 4.69) is 10.4 Å². The number of hydrogen-bond donors (Lipinski definition) is 2. The molecule has 0 radical (unpaired) electrons. The van der Waals surface area contributed by atoms with E-state index in [4.69, 9.17) is 9.84 Å². The molecule has 2 aromatic rings. The highest BCUT2D eigenvalue weighted by atomic mass is 16.5. The van der Waals surface area contributed by atoms with E-state index in [0.29, 0.717) is 18.4 Å². The number of carbonyl (C=O) groups is 3. The number of nitrogens with one attached hydrogen (secondary N) is 1. The van der Waals surface area contributed by atoms with Crippen LogP contribution in [0.25, 0.3) is 10.9 Å². The Labute approximate surface area is 157 Å². The minimum atomic E-state index is -0.879. The number of aromatic nitrogens is 2. The van der Waals surface area contributed by atoms with Crippen molar-refractivity contribution in [2.24, 2.45) is 5.41 Å². The molecular formula is C19H25N3O5. The molecule has 1 aromatic heterocycles. The van der Waals surface area contributed by atoms with Gasteiger partial charge in [-0.25, -0.2) is 4.79 Å². The second kappa shape index (κ2) is 8.20. The Morgan fingerprint density at radius 1 is 1.26 bits per heavy atom. The molecule has 2 rings (SSSR count). The molecule has 146 valence electrons. The number of carboxylic acids is 1. The first-order valence-corrected chi connectivity index (χ1v) is 8.71. The number of carboxylic acid groups (broad SMARTS) is 1. The van der Waals surface area contributed by atoms with Gasteiger partial charge >= 0.3 is 11.9 Å². The van der Waals surface area contributed by atoms with Gasteiger partial charge in [0.05, 0.1) is 12.6 Å². The molecule has 0 aliphatic heterocycles. The summed E-state index contributed by atoms with van der Waals surface area (Å²) in [7, 11) is 1.28. The zero-order valence-electron chi connectivity index (χ0n) is 16.0. The molecule has 0 saturated heterocycles. The Morgan fingerprint density at radius 2 is 1.93 bits per heavy atom. The quantitative estimate of drug-likeness (QED) is 0.718. The van der Waals surface area contributed by atoms with Crippen LogP contribution >= 0.6 is 0 Å². The van der Waals surface area contributed by atoms with Gasteiger partial charge in [-0.3, -0.25) is 14.3 Å². The molecule has 27 heavy (non-hydrogen) atoms. The summed E-state index contributed by atoms with van der Waals surface area (Å²) in [5.41, 5.74) is 0.389. The van der Waals surface area contributed by atoms with Crippen LogP contribution < -0.4 is 5.32 Å². The van der Waals surface area contributed by atoms with Crippen LogP contribution in [-0.4, -0.2) is 45.9 Å². The fraction of sp³-hybridized carbons (Fsp3) is 0.474. The summed E-state index contributed by atoms with van der Waals surface area (Å²) in [5.74, 6) is -1.88. The lowest BCUT2D eigenvalue weighted by Gasteiger charge is -2.28. The van der Waals surface area contributed by atoms with Gasteiger partial charge in [0, 0.05) is 18.4 Å². The van der Waals surface area contributed by atoms with Crippen molar-refractivity contribution in [1.82, 2.24) is 15.1 Å². The van der Waals surface area contributed by atoms with Crippen molar-refractivity contribution in [3.8, 4) is 0 Å². The SMILES string of the molecule is COC(=O)C(NC(=O)c1nn(CCCC(=O)O)c2ccccc12)C(C)(C)C. The summed E-state index contributed by atoms with van der Waals surface area (Å²) in [4.78, 5) is 35.7. The number of methoxy groups -OCH3 is 1. The van der Waals surface area contributed by atoms with E-state index in [-0.39, 0.29) is 12.1 Å². The smallest absolute Gasteiger partial charge is 0.328 e. The highest BCUT2D eigenvalue weighted by molar-refractivity contribution is 6.06. The summed E-state index contributed by atoms with van der Waals surface area (Å²) in [6.45, 7) is 5.87. The number of benzene rings is 1. The van der Waals surface area contributed by atoms with Crippen LogP contribution in [0.3, 0.4) is 0 Å². The van der Waals surface area contributed by atoms with Crippen LogP contribution in [0.15, 0.2) is 24.3 Å². The third-order valence-electron chi connectivity index (χ3n) is 4.21. The average molecular weight is 375 g/mol. The molecule has 1 unspecified atom stereocenters. The molecule has 1 amide bonds. The Hall–Kier alpha value is -2.90. The summed E-state index contributed by atoms with van der Waals surface area (Å²) < 4.78 is 6.43.